The van der Waals surface area contributed by atoms with Crippen molar-refractivity contribution in [3.8, 4) is 0 Å². The lowest BCUT2D eigenvalue weighted by atomic mass is 10.1. The van der Waals surface area contributed by atoms with E-state index in [0.29, 0.717) is 25.3 Å². The normalized spacial score (nSPS) is 31.7. The Morgan fingerprint density at radius 3 is 2.80 bits per heavy atom. The highest BCUT2D eigenvalue weighted by Gasteiger charge is 2.28. The molecular formula is C11H19NO3. The maximum Gasteiger partial charge on any atom is 0.333 e. The Hall–Kier alpha value is -0.870. The molecular weight excluding hydrogens is 194 g/mol. The fourth-order valence-corrected chi connectivity index (χ4v) is 1.75. The van der Waals surface area contributed by atoms with Crippen LogP contribution in [0, 0.1) is 11.1 Å². The standard InChI is InChI=1S/C11H19NO3/c1-4-9(2)11(13)15-8-10-5-6-12(3,14)7-10/h4,10H,5-8H2,1-3H3. The average molecular weight is 213 g/mol. The highest BCUT2D eigenvalue weighted by Crippen LogP contribution is 2.21. The van der Waals surface area contributed by atoms with Crippen LogP contribution < -0.4 is 0 Å². The molecule has 4 heteroatoms. The van der Waals surface area contributed by atoms with E-state index in [-0.39, 0.29) is 16.5 Å². The smallest absolute Gasteiger partial charge is 0.333 e. The van der Waals surface area contributed by atoms with Gasteiger partial charge in [-0.3, -0.25) is 0 Å². The lowest BCUT2D eigenvalue weighted by Crippen LogP contribution is -2.34. The van der Waals surface area contributed by atoms with Crippen LogP contribution in [0.3, 0.4) is 0 Å². The molecule has 15 heavy (non-hydrogen) atoms. The van der Waals surface area contributed by atoms with Crippen LogP contribution >= 0.6 is 0 Å². The molecule has 0 radical (unpaired) electrons. The summed E-state index contributed by atoms with van der Waals surface area (Å²) in [6, 6.07) is 0. The van der Waals surface area contributed by atoms with Crippen molar-refractivity contribution >= 4 is 5.97 Å². The van der Waals surface area contributed by atoms with E-state index in [1.54, 1.807) is 27.0 Å². The number of carbonyl (C=O) groups excluding carboxylic acids is 1. The maximum absolute atomic E-state index is 11.5. The van der Waals surface area contributed by atoms with Crippen molar-refractivity contribution < 1.29 is 14.2 Å². The van der Waals surface area contributed by atoms with Gasteiger partial charge in [-0.25, -0.2) is 4.79 Å². The van der Waals surface area contributed by atoms with Crippen LogP contribution in [0.4, 0.5) is 0 Å². The van der Waals surface area contributed by atoms with E-state index < -0.39 is 0 Å². The first-order chi connectivity index (χ1) is 6.94. The van der Waals surface area contributed by atoms with Gasteiger partial charge in [-0.05, 0) is 13.8 Å². The van der Waals surface area contributed by atoms with Gasteiger partial charge in [0.15, 0.2) is 0 Å². The van der Waals surface area contributed by atoms with Gasteiger partial charge in [0, 0.05) is 17.9 Å². The molecule has 86 valence electrons. The molecule has 0 bridgehead atoms. The van der Waals surface area contributed by atoms with E-state index in [1.807, 2.05) is 0 Å². The summed E-state index contributed by atoms with van der Waals surface area (Å²) in [4.78, 5) is 11.3. The lowest BCUT2D eigenvalue weighted by Gasteiger charge is -2.33. The Balaban J connectivity index is 2.30. The van der Waals surface area contributed by atoms with Crippen LogP contribution in [-0.2, 0) is 9.53 Å². The van der Waals surface area contributed by atoms with Crippen molar-refractivity contribution in [2.75, 3.05) is 26.7 Å². The second-order valence-corrected chi connectivity index (χ2v) is 4.43. The van der Waals surface area contributed by atoms with E-state index in [2.05, 4.69) is 0 Å². The fraction of sp³-hybridized carbons (Fsp3) is 0.727. The molecule has 2 atom stereocenters. The number of quaternary nitrogens is 1. The largest absolute Gasteiger partial charge is 0.633 e. The van der Waals surface area contributed by atoms with E-state index in [0.717, 1.165) is 6.42 Å². The molecule has 1 saturated heterocycles. The zero-order valence-corrected chi connectivity index (χ0v) is 9.66. The molecule has 1 heterocycles. The molecule has 0 amide bonds. The number of carbonyl (C=O) groups is 1. The second-order valence-electron chi connectivity index (χ2n) is 4.43. The number of rotatable bonds is 3. The molecule has 0 N–H and O–H groups in total. The van der Waals surface area contributed by atoms with Gasteiger partial charge < -0.3 is 14.6 Å². The zero-order chi connectivity index (χ0) is 11.5. The van der Waals surface area contributed by atoms with Crippen molar-refractivity contribution in [1.29, 1.82) is 0 Å². The van der Waals surface area contributed by atoms with E-state index >= 15 is 0 Å². The maximum atomic E-state index is 11.5. The monoisotopic (exact) mass is 213 g/mol. The van der Waals surface area contributed by atoms with Gasteiger partial charge in [-0.15, -0.1) is 0 Å². The van der Waals surface area contributed by atoms with Gasteiger partial charge in [0.05, 0.1) is 20.1 Å². The quantitative estimate of drug-likeness (QED) is 0.308. The van der Waals surface area contributed by atoms with Crippen molar-refractivity contribution in [2.45, 2.75) is 20.3 Å². The zero-order valence-electron chi connectivity index (χ0n) is 9.66. The molecule has 0 saturated carbocycles. The van der Waals surface area contributed by atoms with Crippen molar-refractivity contribution in [2.24, 2.45) is 5.92 Å². The summed E-state index contributed by atoms with van der Waals surface area (Å²) in [5, 5.41) is 11.5. The van der Waals surface area contributed by atoms with Crippen molar-refractivity contribution in [3.63, 3.8) is 0 Å². The molecule has 1 aliphatic heterocycles. The Labute approximate surface area is 90.7 Å². The van der Waals surface area contributed by atoms with Gasteiger partial charge in [0.25, 0.3) is 0 Å². The molecule has 4 nitrogen and oxygen atoms in total. The van der Waals surface area contributed by atoms with E-state index in [4.69, 9.17) is 4.74 Å². The Morgan fingerprint density at radius 2 is 2.33 bits per heavy atom. The molecule has 0 aromatic carbocycles. The molecule has 1 fully saturated rings. The Kier molecular flexibility index (Phi) is 3.88. The molecule has 1 aliphatic rings. The van der Waals surface area contributed by atoms with Crippen LogP contribution in [0.15, 0.2) is 11.6 Å². The van der Waals surface area contributed by atoms with Gasteiger partial charge in [0.1, 0.15) is 6.61 Å². The number of hydroxylamine groups is 3. The summed E-state index contributed by atoms with van der Waals surface area (Å²) < 4.78 is 4.91. The number of esters is 1. The van der Waals surface area contributed by atoms with Gasteiger partial charge >= 0.3 is 5.97 Å². The SMILES string of the molecule is CC=C(C)C(=O)OCC1CC[N+](C)([O-])C1. The average Bonchev–Trinajstić information content (AvgIpc) is 2.53. The predicted molar refractivity (Wildman–Crippen MR) is 57.8 cm³/mol. The Bertz CT molecular complexity index is 271. The Morgan fingerprint density at radius 1 is 1.67 bits per heavy atom. The third-order valence-corrected chi connectivity index (χ3v) is 2.86. The molecule has 0 spiro atoms. The van der Waals surface area contributed by atoms with Crippen LogP contribution in [0.25, 0.3) is 0 Å². The first-order valence-corrected chi connectivity index (χ1v) is 5.30. The van der Waals surface area contributed by atoms with Crippen LogP contribution in [-0.4, -0.2) is 37.4 Å². The summed E-state index contributed by atoms with van der Waals surface area (Å²) in [6.45, 7) is 5.09. The van der Waals surface area contributed by atoms with Crippen LogP contribution in [0.2, 0.25) is 0 Å². The molecule has 0 aromatic rings. The van der Waals surface area contributed by atoms with Crippen molar-refractivity contribution in [3.05, 3.63) is 16.9 Å². The number of hydrogen-bond acceptors (Lipinski definition) is 3. The molecule has 0 aliphatic carbocycles. The van der Waals surface area contributed by atoms with Crippen LogP contribution in [0.1, 0.15) is 20.3 Å². The number of hydrogen-bond donors (Lipinski definition) is 0. The molecule has 2 unspecified atom stereocenters. The highest BCUT2D eigenvalue weighted by atomic mass is 16.5. The first kappa shape index (κ1) is 12.2. The summed E-state index contributed by atoms with van der Waals surface area (Å²) in [7, 11) is 1.67. The van der Waals surface area contributed by atoms with Gasteiger partial charge in [0.2, 0.25) is 0 Å². The minimum absolute atomic E-state index is 0.204. The third kappa shape index (κ3) is 3.64. The van der Waals surface area contributed by atoms with Gasteiger partial charge in [-0.1, -0.05) is 6.08 Å². The fourth-order valence-electron chi connectivity index (χ4n) is 1.75. The van der Waals surface area contributed by atoms with Crippen LogP contribution in [0.5, 0.6) is 0 Å². The number of likely N-dealkylation sites (tertiary alicyclic amines) is 1. The topological polar surface area (TPSA) is 49.4 Å². The van der Waals surface area contributed by atoms with Crippen molar-refractivity contribution in [1.82, 2.24) is 0 Å². The summed E-state index contributed by atoms with van der Waals surface area (Å²) in [6.07, 6.45) is 2.58. The number of ether oxygens (including phenoxy) is 1. The summed E-state index contributed by atoms with van der Waals surface area (Å²) in [5.74, 6) is -0.0504. The minimum atomic E-state index is -0.274. The number of nitrogens with zero attached hydrogens (tertiary/aromatic N) is 1. The highest BCUT2D eigenvalue weighted by molar-refractivity contribution is 5.87. The summed E-state index contributed by atoms with van der Waals surface area (Å²) in [5.41, 5.74) is 0.618. The molecule has 1 rings (SSSR count). The first-order valence-electron chi connectivity index (χ1n) is 5.30. The van der Waals surface area contributed by atoms with Gasteiger partial charge in [-0.2, -0.15) is 0 Å². The number of allylic oxidation sites excluding steroid dienone is 1. The van der Waals surface area contributed by atoms with E-state index in [1.165, 1.54) is 0 Å². The second kappa shape index (κ2) is 4.77. The third-order valence-electron chi connectivity index (χ3n) is 2.86. The predicted octanol–water partition coefficient (Wildman–Crippen LogP) is 1.46. The molecule has 0 aromatic heterocycles. The summed E-state index contributed by atoms with van der Waals surface area (Å²) >= 11 is 0. The van der Waals surface area contributed by atoms with E-state index in [9.17, 15) is 10.0 Å². The lowest BCUT2D eigenvalue weighted by molar-refractivity contribution is -0.849. The minimum Gasteiger partial charge on any atom is -0.633 e.